The third-order valence-electron chi connectivity index (χ3n) is 4.98. The molecule has 0 atom stereocenters. The molecular formula is C19H27N3O2. The number of amides is 2. The quantitative estimate of drug-likeness (QED) is 0.794. The van der Waals surface area contributed by atoms with Gasteiger partial charge < -0.3 is 14.7 Å². The van der Waals surface area contributed by atoms with Crippen molar-refractivity contribution in [1.82, 2.24) is 4.90 Å². The van der Waals surface area contributed by atoms with Crippen molar-refractivity contribution in [3.05, 3.63) is 23.8 Å². The van der Waals surface area contributed by atoms with Crippen LogP contribution >= 0.6 is 0 Å². The summed E-state index contributed by atoms with van der Waals surface area (Å²) < 4.78 is 0. The molecule has 3 rings (SSSR count). The highest BCUT2D eigenvalue weighted by molar-refractivity contribution is 5.96. The first-order chi connectivity index (χ1) is 11.3. The minimum atomic E-state index is -0.314. The van der Waals surface area contributed by atoms with Crippen molar-refractivity contribution in [1.29, 1.82) is 0 Å². The number of benzene rings is 1. The van der Waals surface area contributed by atoms with E-state index >= 15 is 0 Å². The number of hydrogen-bond donors (Lipinski definition) is 0. The van der Waals surface area contributed by atoms with Crippen molar-refractivity contribution in [3.63, 3.8) is 0 Å². The summed E-state index contributed by atoms with van der Waals surface area (Å²) in [6.07, 6.45) is 1.40. The van der Waals surface area contributed by atoms with Crippen molar-refractivity contribution in [2.24, 2.45) is 5.41 Å². The monoisotopic (exact) mass is 329 g/mol. The minimum absolute atomic E-state index is 0.185. The molecule has 1 fully saturated rings. The standard InChI is InChI=1S/C19H27N3O2/c1-19(2,3)18(24)22-11-9-21(10-12-22)15-6-7-16-14(13-15)5-8-17(23)20(16)4/h6-7,13H,5,8-12H2,1-4H3. The van der Waals surface area contributed by atoms with E-state index in [0.717, 1.165) is 38.3 Å². The Hall–Kier alpha value is -2.04. The Morgan fingerprint density at radius 2 is 1.71 bits per heavy atom. The van der Waals surface area contributed by atoms with Crippen molar-refractivity contribution in [2.45, 2.75) is 33.6 Å². The molecule has 1 aromatic carbocycles. The molecular weight excluding hydrogens is 302 g/mol. The lowest BCUT2D eigenvalue weighted by Crippen LogP contribution is -2.51. The average Bonchev–Trinajstić information content (AvgIpc) is 2.56. The van der Waals surface area contributed by atoms with Gasteiger partial charge in [0.2, 0.25) is 11.8 Å². The zero-order valence-electron chi connectivity index (χ0n) is 15.1. The number of hydrogen-bond acceptors (Lipinski definition) is 3. The smallest absolute Gasteiger partial charge is 0.228 e. The Morgan fingerprint density at radius 3 is 2.33 bits per heavy atom. The molecule has 2 aliphatic rings. The molecule has 0 spiro atoms. The van der Waals surface area contributed by atoms with E-state index in [0.29, 0.717) is 6.42 Å². The van der Waals surface area contributed by atoms with Gasteiger partial charge in [0.25, 0.3) is 0 Å². The molecule has 2 aliphatic heterocycles. The Balaban J connectivity index is 1.69. The van der Waals surface area contributed by atoms with E-state index in [1.165, 1.54) is 11.3 Å². The van der Waals surface area contributed by atoms with Gasteiger partial charge >= 0.3 is 0 Å². The first-order valence-electron chi connectivity index (χ1n) is 8.71. The Bertz CT molecular complexity index is 655. The number of aryl methyl sites for hydroxylation is 1. The molecule has 0 aliphatic carbocycles. The normalized spacial score (nSPS) is 18.7. The molecule has 0 radical (unpaired) electrons. The van der Waals surface area contributed by atoms with E-state index in [4.69, 9.17) is 0 Å². The summed E-state index contributed by atoms with van der Waals surface area (Å²) in [5.41, 5.74) is 3.14. The molecule has 1 saturated heterocycles. The molecule has 130 valence electrons. The van der Waals surface area contributed by atoms with Crippen LogP contribution in [0.5, 0.6) is 0 Å². The lowest BCUT2D eigenvalue weighted by Gasteiger charge is -2.39. The molecule has 0 bridgehead atoms. The molecule has 5 heteroatoms. The van der Waals surface area contributed by atoms with Crippen LogP contribution in [-0.2, 0) is 16.0 Å². The Morgan fingerprint density at radius 1 is 1.04 bits per heavy atom. The van der Waals surface area contributed by atoms with Crippen molar-refractivity contribution < 1.29 is 9.59 Å². The predicted molar refractivity (Wildman–Crippen MR) is 96.4 cm³/mol. The number of rotatable bonds is 1. The summed E-state index contributed by atoms with van der Waals surface area (Å²) in [7, 11) is 1.84. The van der Waals surface area contributed by atoms with Crippen LogP contribution < -0.4 is 9.80 Å². The first kappa shape index (κ1) is 16.8. The third kappa shape index (κ3) is 3.12. The third-order valence-corrected chi connectivity index (χ3v) is 4.98. The maximum absolute atomic E-state index is 12.4. The fourth-order valence-electron chi connectivity index (χ4n) is 3.48. The van der Waals surface area contributed by atoms with E-state index in [1.54, 1.807) is 4.90 Å². The maximum atomic E-state index is 12.4. The zero-order chi connectivity index (χ0) is 17.5. The second-order valence-corrected chi connectivity index (χ2v) is 7.80. The maximum Gasteiger partial charge on any atom is 0.228 e. The fourth-order valence-corrected chi connectivity index (χ4v) is 3.48. The van der Waals surface area contributed by atoms with Crippen LogP contribution in [0.3, 0.4) is 0 Å². The summed E-state index contributed by atoms with van der Waals surface area (Å²) in [4.78, 5) is 30.3. The SMILES string of the molecule is CN1C(=O)CCc2cc(N3CCN(C(=O)C(C)(C)C)CC3)ccc21. The molecule has 5 nitrogen and oxygen atoms in total. The molecule has 0 N–H and O–H groups in total. The number of carbonyl (C=O) groups is 2. The van der Waals surface area contributed by atoms with Gasteiger partial charge in [0.15, 0.2) is 0 Å². The highest BCUT2D eigenvalue weighted by Crippen LogP contribution is 2.31. The summed E-state index contributed by atoms with van der Waals surface area (Å²) in [5, 5.41) is 0. The van der Waals surface area contributed by atoms with Gasteiger partial charge in [-0.1, -0.05) is 20.8 Å². The lowest BCUT2D eigenvalue weighted by molar-refractivity contribution is -0.139. The summed E-state index contributed by atoms with van der Waals surface area (Å²) in [6, 6.07) is 6.35. The first-order valence-corrected chi connectivity index (χ1v) is 8.71. The van der Waals surface area contributed by atoms with Crippen LogP contribution in [0.25, 0.3) is 0 Å². The second-order valence-electron chi connectivity index (χ2n) is 7.80. The van der Waals surface area contributed by atoms with Gasteiger partial charge in [-0.3, -0.25) is 9.59 Å². The van der Waals surface area contributed by atoms with E-state index in [2.05, 4.69) is 23.1 Å². The van der Waals surface area contributed by atoms with Crippen molar-refractivity contribution >= 4 is 23.2 Å². The van der Waals surface area contributed by atoms with Crippen LogP contribution in [0.15, 0.2) is 18.2 Å². The number of carbonyl (C=O) groups excluding carboxylic acids is 2. The van der Waals surface area contributed by atoms with E-state index in [-0.39, 0.29) is 17.2 Å². The molecule has 24 heavy (non-hydrogen) atoms. The lowest BCUT2D eigenvalue weighted by atomic mass is 9.94. The molecule has 0 unspecified atom stereocenters. The number of fused-ring (bicyclic) bond motifs is 1. The van der Waals surface area contributed by atoms with Crippen LogP contribution in [-0.4, -0.2) is 49.9 Å². The van der Waals surface area contributed by atoms with Crippen molar-refractivity contribution in [3.8, 4) is 0 Å². The van der Waals surface area contributed by atoms with Gasteiger partial charge in [0.1, 0.15) is 0 Å². The summed E-state index contributed by atoms with van der Waals surface area (Å²) in [5.74, 6) is 0.414. The Kier molecular flexibility index (Phi) is 4.28. The van der Waals surface area contributed by atoms with Crippen molar-refractivity contribution in [2.75, 3.05) is 43.0 Å². The van der Waals surface area contributed by atoms with Gasteiger partial charge in [-0.05, 0) is 30.2 Å². The highest BCUT2D eigenvalue weighted by Gasteiger charge is 2.30. The molecule has 2 heterocycles. The summed E-state index contributed by atoms with van der Waals surface area (Å²) >= 11 is 0. The van der Waals surface area contributed by atoms with Crippen LogP contribution in [0.1, 0.15) is 32.8 Å². The van der Waals surface area contributed by atoms with E-state index in [9.17, 15) is 9.59 Å². The number of anilines is 2. The van der Waals surface area contributed by atoms with Crippen LogP contribution in [0.4, 0.5) is 11.4 Å². The average molecular weight is 329 g/mol. The van der Waals surface area contributed by atoms with E-state index < -0.39 is 0 Å². The Labute approximate surface area is 144 Å². The predicted octanol–water partition coefficient (Wildman–Crippen LogP) is 2.29. The molecule has 1 aromatic rings. The molecule has 0 aromatic heterocycles. The van der Waals surface area contributed by atoms with Gasteiger partial charge in [0, 0.05) is 56.4 Å². The zero-order valence-corrected chi connectivity index (χ0v) is 15.1. The van der Waals surface area contributed by atoms with Crippen LogP contribution in [0, 0.1) is 5.41 Å². The highest BCUT2D eigenvalue weighted by atomic mass is 16.2. The molecule has 0 saturated carbocycles. The number of piperazine rings is 1. The minimum Gasteiger partial charge on any atom is -0.368 e. The largest absolute Gasteiger partial charge is 0.368 e. The van der Waals surface area contributed by atoms with Gasteiger partial charge in [-0.25, -0.2) is 0 Å². The van der Waals surface area contributed by atoms with Gasteiger partial charge in [-0.15, -0.1) is 0 Å². The molecule has 2 amide bonds. The summed E-state index contributed by atoms with van der Waals surface area (Å²) in [6.45, 7) is 9.18. The topological polar surface area (TPSA) is 43.9 Å². The fraction of sp³-hybridized carbons (Fsp3) is 0.579. The van der Waals surface area contributed by atoms with E-state index in [1.807, 2.05) is 32.7 Å². The van der Waals surface area contributed by atoms with Crippen LogP contribution in [0.2, 0.25) is 0 Å². The number of nitrogens with zero attached hydrogens (tertiary/aromatic N) is 3. The van der Waals surface area contributed by atoms with Gasteiger partial charge in [0.05, 0.1) is 0 Å². The second kappa shape index (κ2) is 6.11. The van der Waals surface area contributed by atoms with Gasteiger partial charge in [-0.2, -0.15) is 0 Å².